The zero-order valence-corrected chi connectivity index (χ0v) is 17.9. The Hall–Kier alpha value is -2.97. The lowest BCUT2D eigenvalue weighted by atomic mass is 9.92. The predicted octanol–water partition coefficient (Wildman–Crippen LogP) is 3.46. The van der Waals surface area contributed by atoms with Crippen LogP contribution in [-0.4, -0.2) is 41.1 Å². The molecule has 0 amide bonds. The first-order valence-electron chi connectivity index (χ1n) is 8.90. The van der Waals surface area contributed by atoms with Crippen molar-refractivity contribution >= 4 is 23.6 Å². The SMILES string of the molecule is COC(=O)c1cc(C(C(=O)OC(C)(C)C)C(=O)OC(C)(C)C)c([N+](=O)[O-])cc1C. The number of nitrogens with zero attached hydrogens (tertiary/aromatic N) is 1. The van der Waals surface area contributed by atoms with Gasteiger partial charge in [-0.05, 0) is 60.1 Å². The van der Waals surface area contributed by atoms with Crippen molar-refractivity contribution in [3.63, 3.8) is 0 Å². The van der Waals surface area contributed by atoms with E-state index in [2.05, 4.69) is 0 Å². The van der Waals surface area contributed by atoms with Gasteiger partial charge in [0.15, 0.2) is 5.92 Å². The number of nitro groups is 1. The smallest absolute Gasteiger partial charge is 0.338 e. The molecule has 1 aromatic rings. The summed E-state index contributed by atoms with van der Waals surface area (Å²) in [5.41, 5.74) is -2.46. The number of hydrogen-bond acceptors (Lipinski definition) is 8. The average Bonchev–Trinajstić information content (AvgIpc) is 2.51. The van der Waals surface area contributed by atoms with E-state index in [1.807, 2.05) is 0 Å². The monoisotopic (exact) mass is 409 g/mol. The van der Waals surface area contributed by atoms with E-state index in [-0.39, 0.29) is 16.7 Å². The van der Waals surface area contributed by atoms with Gasteiger partial charge in [0, 0.05) is 6.07 Å². The molecular weight excluding hydrogens is 382 g/mol. The summed E-state index contributed by atoms with van der Waals surface area (Å²) >= 11 is 0. The molecular formula is C20H27NO8. The summed E-state index contributed by atoms with van der Waals surface area (Å²) < 4.78 is 15.3. The second-order valence-corrected chi connectivity index (χ2v) is 8.47. The van der Waals surface area contributed by atoms with Crippen LogP contribution < -0.4 is 0 Å². The van der Waals surface area contributed by atoms with Crippen molar-refractivity contribution < 1.29 is 33.5 Å². The van der Waals surface area contributed by atoms with Gasteiger partial charge in [-0.3, -0.25) is 19.7 Å². The molecule has 0 aromatic heterocycles. The Bertz CT molecular complexity index is 802. The van der Waals surface area contributed by atoms with Crippen molar-refractivity contribution in [1.29, 1.82) is 0 Å². The van der Waals surface area contributed by atoms with Crippen LogP contribution in [0.4, 0.5) is 5.69 Å². The molecule has 9 nitrogen and oxygen atoms in total. The van der Waals surface area contributed by atoms with Crippen molar-refractivity contribution in [2.45, 2.75) is 65.6 Å². The molecule has 0 fully saturated rings. The number of ether oxygens (including phenoxy) is 3. The number of carbonyl (C=O) groups is 3. The summed E-state index contributed by atoms with van der Waals surface area (Å²) in [6.45, 7) is 11.1. The summed E-state index contributed by atoms with van der Waals surface area (Å²) in [6, 6.07) is 2.22. The molecule has 0 atom stereocenters. The van der Waals surface area contributed by atoms with Gasteiger partial charge in [0.05, 0.1) is 23.2 Å². The number of esters is 3. The van der Waals surface area contributed by atoms with E-state index in [4.69, 9.17) is 14.2 Å². The van der Waals surface area contributed by atoms with E-state index in [9.17, 15) is 24.5 Å². The lowest BCUT2D eigenvalue weighted by Gasteiger charge is -2.26. The zero-order chi connectivity index (χ0) is 22.7. The molecule has 0 aliphatic rings. The van der Waals surface area contributed by atoms with Gasteiger partial charge in [-0.2, -0.15) is 0 Å². The highest BCUT2D eigenvalue weighted by molar-refractivity contribution is 6.03. The minimum absolute atomic E-state index is 0.00906. The van der Waals surface area contributed by atoms with E-state index < -0.39 is 45.6 Å². The second kappa shape index (κ2) is 8.59. The molecule has 0 aliphatic heterocycles. The highest BCUT2D eigenvalue weighted by Gasteiger charge is 2.41. The molecule has 9 heteroatoms. The molecule has 160 valence electrons. The van der Waals surface area contributed by atoms with Crippen LogP contribution in [0.15, 0.2) is 12.1 Å². The van der Waals surface area contributed by atoms with E-state index in [1.54, 1.807) is 41.5 Å². The number of benzene rings is 1. The number of hydrogen-bond donors (Lipinski definition) is 0. The Labute approximate surface area is 169 Å². The van der Waals surface area contributed by atoms with Crippen molar-refractivity contribution in [3.05, 3.63) is 38.9 Å². The molecule has 0 N–H and O–H groups in total. The number of carbonyl (C=O) groups excluding carboxylic acids is 3. The maximum Gasteiger partial charge on any atom is 0.338 e. The third-order valence-corrected chi connectivity index (χ3v) is 3.57. The number of rotatable bonds is 5. The Morgan fingerprint density at radius 3 is 1.76 bits per heavy atom. The predicted molar refractivity (Wildman–Crippen MR) is 104 cm³/mol. The van der Waals surface area contributed by atoms with Crippen LogP contribution in [0.25, 0.3) is 0 Å². The minimum atomic E-state index is -1.75. The molecule has 0 spiro atoms. The molecule has 29 heavy (non-hydrogen) atoms. The summed E-state index contributed by atoms with van der Waals surface area (Å²) in [7, 11) is 1.15. The first kappa shape index (κ1) is 24.1. The van der Waals surface area contributed by atoms with Gasteiger partial charge >= 0.3 is 17.9 Å². The molecule has 0 unspecified atom stereocenters. The first-order chi connectivity index (χ1) is 13.1. The van der Waals surface area contributed by atoms with Gasteiger partial charge in [-0.25, -0.2) is 4.79 Å². The summed E-state index contributed by atoms with van der Waals surface area (Å²) in [5.74, 6) is -4.55. The topological polar surface area (TPSA) is 122 Å². The van der Waals surface area contributed by atoms with Crippen LogP contribution in [0, 0.1) is 17.0 Å². The van der Waals surface area contributed by atoms with Gasteiger partial charge in [0.2, 0.25) is 0 Å². The highest BCUT2D eigenvalue weighted by Crippen LogP contribution is 2.34. The third kappa shape index (κ3) is 6.55. The van der Waals surface area contributed by atoms with Gasteiger partial charge in [-0.15, -0.1) is 0 Å². The Morgan fingerprint density at radius 2 is 1.41 bits per heavy atom. The zero-order valence-electron chi connectivity index (χ0n) is 17.9. The molecule has 0 bridgehead atoms. The van der Waals surface area contributed by atoms with Gasteiger partial charge < -0.3 is 14.2 Å². The van der Waals surface area contributed by atoms with Crippen LogP contribution in [0.1, 0.15) is 68.9 Å². The van der Waals surface area contributed by atoms with E-state index in [1.165, 1.54) is 6.92 Å². The highest BCUT2D eigenvalue weighted by atomic mass is 16.6. The fourth-order valence-electron chi connectivity index (χ4n) is 2.50. The lowest BCUT2D eigenvalue weighted by molar-refractivity contribution is -0.385. The van der Waals surface area contributed by atoms with Crippen LogP contribution in [0.3, 0.4) is 0 Å². The minimum Gasteiger partial charge on any atom is -0.465 e. The van der Waals surface area contributed by atoms with Crippen LogP contribution in [0.2, 0.25) is 0 Å². The Morgan fingerprint density at radius 1 is 0.966 bits per heavy atom. The Kier molecular flexibility index (Phi) is 7.13. The fraction of sp³-hybridized carbons (Fsp3) is 0.550. The van der Waals surface area contributed by atoms with Crippen molar-refractivity contribution in [1.82, 2.24) is 0 Å². The molecule has 0 aliphatic carbocycles. The molecule has 0 radical (unpaired) electrons. The molecule has 1 aromatic carbocycles. The number of methoxy groups -OCH3 is 1. The van der Waals surface area contributed by atoms with Crippen LogP contribution in [-0.2, 0) is 23.8 Å². The second-order valence-electron chi connectivity index (χ2n) is 8.47. The summed E-state index contributed by atoms with van der Waals surface area (Å²) in [4.78, 5) is 48.6. The normalized spacial score (nSPS) is 11.8. The number of nitro benzene ring substituents is 1. The molecule has 0 saturated carbocycles. The van der Waals surface area contributed by atoms with Gasteiger partial charge in [0.1, 0.15) is 11.2 Å². The fourth-order valence-corrected chi connectivity index (χ4v) is 2.50. The van der Waals surface area contributed by atoms with Crippen molar-refractivity contribution in [3.8, 4) is 0 Å². The summed E-state index contributed by atoms with van der Waals surface area (Å²) in [6.07, 6.45) is 0. The van der Waals surface area contributed by atoms with Gasteiger partial charge in [0.25, 0.3) is 5.69 Å². The van der Waals surface area contributed by atoms with Crippen molar-refractivity contribution in [2.24, 2.45) is 0 Å². The average molecular weight is 409 g/mol. The van der Waals surface area contributed by atoms with E-state index in [0.717, 1.165) is 19.2 Å². The quantitative estimate of drug-likeness (QED) is 0.238. The maximum absolute atomic E-state index is 12.8. The van der Waals surface area contributed by atoms with E-state index in [0.29, 0.717) is 0 Å². The van der Waals surface area contributed by atoms with Crippen LogP contribution in [0.5, 0.6) is 0 Å². The van der Waals surface area contributed by atoms with Gasteiger partial charge in [-0.1, -0.05) is 0 Å². The Balaban J connectivity index is 3.73. The van der Waals surface area contributed by atoms with E-state index >= 15 is 0 Å². The van der Waals surface area contributed by atoms with Crippen molar-refractivity contribution in [2.75, 3.05) is 7.11 Å². The molecule has 0 heterocycles. The lowest BCUT2D eigenvalue weighted by Crippen LogP contribution is -2.36. The third-order valence-electron chi connectivity index (χ3n) is 3.57. The summed E-state index contributed by atoms with van der Waals surface area (Å²) in [5, 5.41) is 11.6. The standard InChI is InChI=1S/C20H27NO8/c1-11-9-14(21(25)26)13(10-12(11)16(22)27-8)15(17(23)28-19(2,3)4)18(24)29-20(5,6)7/h9-10,15H,1-8H3. The molecule has 0 saturated heterocycles. The first-order valence-corrected chi connectivity index (χ1v) is 8.90. The maximum atomic E-state index is 12.8. The largest absolute Gasteiger partial charge is 0.465 e. The molecule has 1 rings (SSSR count). The van der Waals surface area contributed by atoms with Crippen LogP contribution >= 0.6 is 0 Å². The number of aryl methyl sites for hydroxylation is 1.